The molecule has 1 aliphatic rings. The van der Waals surface area contributed by atoms with Crippen molar-refractivity contribution in [1.29, 1.82) is 0 Å². The second-order valence-electron chi connectivity index (χ2n) is 4.09. The quantitative estimate of drug-likeness (QED) is 0.801. The van der Waals surface area contributed by atoms with Crippen molar-refractivity contribution in [2.45, 2.75) is 13.3 Å². The largest absolute Gasteiger partial charge is 0.430 e. The van der Waals surface area contributed by atoms with E-state index in [0.29, 0.717) is 34.1 Å². The van der Waals surface area contributed by atoms with Gasteiger partial charge in [-0.3, -0.25) is 0 Å². The lowest BCUT2D eigenvalue weighted by Gasteiger charge is -2.24. The molecule has 0 aromatic heterocycles. The van der Waals surface area contributed by atoms with Crippen LogP contribution in [0, 0.1) is 0 Å². The van der Waals surface area contributed by atoms with Crippen molar-refractivity contribution >= 4 is 36.1 Å². The molecule has 1 N–H and O–H groups in total. The first-order valence-corrected chi connectivity index (χ1v) is 8.49. The Bertz CT molecular complexity index is 608. The van der Waals surface area contributed by atoms with Gasteiger partial charge < -0.3 is 13.9 Å². The summed E-state index contributed by atoms with van der Waals surface area (Å²) in [6, 6.07) is 4.84. The second kappa shape index (κ2) is 6.84. The molecule has 0 fully saturated rings. The summed E-state index contributed by atoms with van der Waals surface area (Å²) in [5.41, 5.74) is 0. The lowest BCUT2D eigenvalue weighted by Crippen LogP contribution is -2.08. The van der Waals surface area contributed by atoms with Gasteiger partial charge >= 0.3 is 7.57 Å². The summed E-state index contributed by atoms with van der Waals surface area (Å²) in [5, 5.41) is 1.56. The summed E-state index contributed by atoms with van der Waals surface area (Å²) < 4.78 is 11.2. The average molecular weight is 333 g/mol. The van der Waals surface area contributed by atoms with E-state index in [1.165, 1.54) is 0 Å². The minimum Gasteiger partial charge on any atom is -0.430 e. The van der Waals surface area contributed by atoms with Crippen molar-refractivity contribution in [3.05, 3.63) is 52.5 Å². The topological polar surface area (TPSA) is 38.7 Å². The number of hydrogen-bond donors (Lipinski definition) is 1. The number of halogens is 2. The smallest absolute Gasteiger partial charge is 0.311 e. The Kier molecular flexibility index (Phi) is 5.36. The van der Waals surface area contributed by atoms with Gasteiger partial charge in [0.25, 0.3) is 0 Å². The van der Waals surface area contributed by atoms with Gasteiger partial charge in [0.2, 0.25) is 0 Å². The monoisotopic (exact) mass is 332 g/mol. The maximum Gasteiger partial charge on any atom is 0.311 e. The normalized spacial score (nSPS) is 17.1. The fourth-order valence-corrected chi connectivity index (χ4v) is 3.96. The molecule has 1 aromatic rings. The van der Waals surface area contributed by atoms with E-state index in [1.54, 1.807) is 25.1 Å². The van der Waals surface area contributed by atoms with E-state index in [4.69, 9.17) is 32.2 Å². The predicted molar refractivity (Wildman–Crippen MR) is 85.8 cm³/mol. The van der Waals surface area contributed by atoms with Crippen LogP contribution in [0.3, 0.4) is 0 Å². The molecule has 6 heteroatoms. The maximum atomic E-state index is 10.7. The number of benzene rings is 1. The van der Waals surface area contributed by atoms with E-state index in [2.05, 4.69) is 0 Å². The molecule has 0 saturated heterocycles. The fraction of sp³-hybridized carbons (Fsp3) is 0.214. The summed E-state index contributed by atoms with van der Waals surface area (Å²) in [5.74, 6) is 0.357. The zero-order chi connectivity index (χ0) is 14.6. The fourth-order valence-electron chi connectivity index (χ4n) is 1.74. The molecule has 0 bridgehead atoms. The molecular formula is C14H15Cl2O3P. The third-order valence-corrected chi connectivity index (χ3v) is 5.29. The van der Waals surface area contributed by atoms with E-state index in [9.17, 15) is 4.89 Å². The van der Waals surface area contributed by atoms with Gasteiger partial charge in [0.05, 0.1) is 11.6 Å². The van der Waals surface area contributed by atoms with Crippen molar-refractivity contribution < 1.29 is 13.9 Å². The number of allylic oxidation sites excluding steroid dienone is 4. The highest BCUT2D eigenvalue weighted by molar-refractivity contribution is 7.62. The Labute approximate surface area is 128 Å². The van der Waals surface area contributed by atoms with Gasteiger partial charge in [-0.1, -0.05) is 47.5 Å². The summed E-state index contributed by atoms with van der Waals surface area (Å²) in [7, 11) is -3.16. The summed E-state index contributed by atoms with van der Waals surface area (Å²) in [4.78, 5) is 10.7. The van der Waals surface area contributed by atoms with E-state index in [1.807, 2.05) is 24.3 Å². The Hall–Kier alpha value is -0.700. The van der Waals surface area contributed by atoms with Gasteiger partial charge in [-0.05, 0) is 31.5 Å². The summed E-state index contributed by atoms with van der Waals surface area (Å²) in [6.45, 7) is 2.15. The molecule has 1 aliphatic carbocycles. The molecule has 108 valence electrons. The van der Waals surface area contributed by atoms with Crippen LogP contribution in [-0.2, 0) is 4.52 Å². The van der Waals surface area contributed by atoms with Crippen LogP contribution in [-0.4, -0.2) is 16.8 Å². The highest BCUT2D eigenvalue weighted by atomic mass is 35.5. The standard InChI is InChI=1S/C14H15Cl2O3P/c1-2-18-20(17,12-6-4-3-5-7-12)19-14-9-8-11(15)10-13(14)16/h3-6,8-10,17H,2,7H2,1H3. The molecule has 0 aliphatic heterocycles. The van der Waals surface area contributed by atoms with Gasteiger partial charge in [0.15, 0.2) is 0 Å². The van der Waals surface area contributed by atoms with Gasteiger partial charge in [-0.25, -0.2) is 0 Å². The number of hydrogen-bond acceptors (Lipinski definition) is 3. The molecule has 20 heavy (non-hydrogen) atoms. The van der Waals surface area contributed by atoms with E-state index in [-0.39, 0.29) is 0 Å². The number of rotatable bonds is 4. The molecule has 0 saturated carbocycles. The van der Waals surface area contributed by atoms with Crippen LogP contribution in [0.4, 0.5) is 0 Å². The van der Waals surface area contributed by atoms with Crippen LogP contribution in [0.15, 0.2) is 42.5 Å². The first-order valence-electron chi connectivity index (χ1n) is 6.16. The molecular weight excluding hydrogens is 318 g/mol. The van der Waals surface area contributed by atoms with Crippen molar-refractivity contribution in [2.75, 3.05) is 6.61 Å². The SMILES string of the molecule is CCOP(O)(Oc1ccc(Cl)cc1Cl)=C1C=CC=CC1. The highest BCUT2D eigenvalue weighted by Crippen LogP contribution is 2.50. The van der Waals surface area contributed by atoms with Crippen LogP contribution in [0.5, 0.6) is 5.75 Å². The lowest BCUT2D eigenvalue weighted by atomic mass is 10.2. The molecule has 0 amide bonds. The lowest BCUT2D eigenvalue weighted by molar-refractivity contribution is 0.268. The van der Waals surface area contributed by atoms with Crippen LogP contribution in [0.25, 0.3) is 0 Å². The van der Waals surface area contributed by atoms with E-state index < -0.39 is 7.57 Å². The average Bonchev–Trinajstić information content (AvgIpc) is 2.43. The zero-order valence-corrected chi connectivity index (χ0v) is 13.3. The van der Waals surface area contributed by atoms with Crippen molar-refractivity contribution in [3.63, 3.8) is 0 Å². The molecule has 1 atom stereocenters. The Morgan fingerprint density at radius 3 is 2.70 bits per heavy atom. The Balaban J connectivity index is 2.39. The van der Waals surface area contributed by atoms with Crippen LogP contribution in [0.2, 0.25) is 10.0 Å². The molecule has 0 heterocycles. The summed E-state index contributed by atoms with van der Waals surface area (Å²) >= 11 is 11.9. The predicted octanol–water partition coefficient (Wildman–Crippen LogP) is 4.85. The molecule has 1 aromatic carbocycles. The van der Waals surface area contributed by atoms with Crippen LogP contribution < -0.4 is 4.52 Å². The van der Waals surface area contributed by atoms with E-state index in [0.717, 1.165) is 0 Å². The van der Waals surface area contributed by atoms with Gasteiger partial charge in [-0.15, -0.1) is 0 Å². The first-order chi connectivity index (χ1) is 9.55. The third kappa shape index (κ3) is 3.69. The first kappa shape index (κ1) is 15.7. The molecule has 3 nitrogen and oxygen atoms in total. The molecule has 0 spiro atoms. The van der Waals surface area contributed by atoms with Crippen molar-refractivity contribution in [3.8, 4) is 5.75 Å². The van der Waals surface area contributed by atoms with Gasteiger partial charge in [-0.2, -0.15) is 0 Å². The molecule has 1 unspecified atom stereocenters. The minimum atomic E-state index is -3.16. The van der Waals surface area contributed by atoms with Crippen molar-refractivity contribution in [1.82, 2.24) is 0 Å². The Morgan fingerprint density at radius 2 is 2.10 bits per heavy atom. The van der Waals surface area contributed by atoms with Crippen LogP contribution in [0.1, 0.15) is 13.3 Å². The van der Waals surface area contributed by atoms with Gasteiger partial charge in [0, 0.05) is 10.3 Å². The van der Waals surface area contributed by atoms with E-state index >= 15 is 0 Å². The minimum absolute atomic E-state index is 0.339. The van der Waals surface area contributed by atoms with Gasteiger partial charge in [0.1, 0.15) is 5.75 Å². The molecule has 0 radical (unpaired) electrons. The third-order valence-electron chi connectivity index (χ3n) is 2.65. The maximum absolute atomic E-state index is 10.7. The Morgan fingerprint density at radius 1 is 1.30 bits per heavy atom. The highest BCUT2D eigenvalue weighted by Gasteiger charge is 2.24. The molecule has 2 rings (SSSR count). The second-order valence-corrected chi connectivity index (χ2v) is 6.99. The van der Waals surface area contributed by atoms with Crippen molar-refractivity contribution in [2.24, 2.45) is 0 Å². The summed E-state index contributed by atoms with van der Waals surface area (Å²) in [6.07, 6.45) is 8.09. The van der Waals surface area contributed by atoms with Crippen LogP contribution >= 0.6 is 30.8 Å². The zero-order valence-electron chi connectivity index (χ0n) is 10.9.